The average molecular weight is 369 g/mol. The molecule has 0 saturated carbocycles. The molecule has 0 fully saturated rings. The minimum absolute atomic E-state index is 0.0803. The van der Waals surface area contributed by atoms with Gasteiger partial charge in [0.1, 0.15) is 12.4 Å². The minimum Gasteiger partial charge on any atom is -0.454 e. The number of benzene rings is 2. The number of ether oxygens (including phenoxy) is 2. The summed E-state index contributed by atoms with van der Waals surface area (Å²) in [5, 5.41) is 14.8. The summed E-state index contributed by atoms with van der Waals surface area (Å²) in [7, 11) is 0. The van der Waals surface area contributed by atoms with Crippen LogP contribution in [0.2, 0.25) is 0 Å². The lowest BCUT2D eigenvalue weighted by Gasteiger charge is -2.14. The van der Waals surface area contributed by atoms with Crippen molar-refractivity contribution in [3.8, 4) is 22.9 Å². The number of nitrogens with zero attached hydrogens (tertiary/aromatic N) is 4. The Hall–Kier alpha value is -3.49. The van der Waals surface area contributed by atoms with E-state index >= 15 is 0 Å². The number of nitrogens with one attached hydrogen (secondary N) is 1. The van der Waals surface area contributed by atoms with Crippen LogP contribution in [-0.4, -0.2) is 32.9 Å². The molecule has 1 N–H and O–H groups in total. The number of tetrazole rings is 1. The van der Waals surface area contributed by atoms with Crippen molar-refractivity contribution in [2.24, 2.45) is 0 Å². The lowest BCUT2D eigenvalue weighted by atomic mass is 10.1. The van der Waals surface area contributed by atoms with Crippen molar-refractivity contribution < 1.29 is 18.7 Å². The fraction of sp³-hybridized carbons (Fsp3) is 0.222. The van der Waals surface area contributed by atoms with E-state index in [0.29, 0.717) is 22.9 Å². The molecule has 0 spiro atoms. The predicted molar refractivity (Wildman–Crippen MR) is 92.3 cm³/mol. The van der Waals surface area contributed by atoms with Gasteiger partial charge in [0.25, 0.3) is 0 Å². The molecule has 1 unspecified atom stereocenters. The smallest absolute Gasteiger partial charge is 0.244 e. The molecule has 3 aromatic rings. The van der Waals surface area contributed by atoms with Crippen LogP contribution in [0.15, 0.2) is 42.5 Å². The molecule has 1 amide bonds. The second-order valence-electron chi connectivity index (χ2n) is 6.05. The molecule has 27 heavy (non-hydrogen) atoms. The number of carbonyl (C=O) groups excluding carboxylic acids is 1. The van der Waals surface area contributed by atoms with Crippen molar-refractivity contribution in [3.05, 3.63) is 53.8 Å². The van der Waals surface area contributed by atoms with Crippen molar-refractivity contribution in [1.82, 2.24) is 25.5 Å². The highest BCUT2D eigenvalue weighted by molar-refractivity contribution is 5.76. The van der Waals surface area contributed by atoms with Crippen LogP contribution >= 0.6 is 0 Å². The molecule has 2 heterocycles. The summed E-state index contributed by atoms with van der Waals surface area (Å²) in [6, 6.07) is 11.0. The highest BCUT2D eigenvalue weighted by Crippen LogP contribution is 2.34. The first-order valence-corrected chi connectivity index (χ1v) is 8.31. The van der Waals surface area contributed by atoms with Gasteiger partial charge in [-0.15, -0.1) is 10.2 Å². The summed E-state index contributed by atoms with van der Waals surface area (Å²) in [5.41, 5.74) is 1.52. The highest BCUT2D eigenvalue weighted by Gasteiger charge is 2.17. The van der Waals surface area contributed by atoms with Crippen molar-refractivity contribution in [2.45, 2.75) is 19.5 Å². The number of aromatic nitrogens is 4. The Balaban J connectivity index is 1.38. The molecule has 0 bridgehead atoms. The molecule has 9 heteroatoms. The van der Waals surface area contributed by atoms with E-state index in [1.807, 2.05) is 25.1 Å². The third-order valence-corrected chi connectivity index (χ3v) is 4.11. The average Bonchev–Trinajstić information content (AvgIpc) is 3.30. The molecule has 8 nitrogen and oxygen atoms in total. The molecule has 2 aromatic carbocycles. The van der Waals surface area contributed by atoms with E-state index in [9.17, 15) is 9.18 Å². The van der Waals surface area contributed by atoms with Crippen LogP contribution in [0.5, 0.6) is 11.5 Å². The van der Waals surface area contributed by atoms with E-state index in [0.717, 1.165) is 5.56 Å². The second kappa shape index (κ2) is 7.02. The van der Waals surface area contributed by atoms with Gasteiger partial charge in [-0.3, -0.25) is 4.79 Å². The Bertz CT molecular complexity index is 973. The quantitative estimate of drug-likeness (QED) is 0.740. The van der Waals surface area contributed by atoms with Gasteiger partial charge in [0.05, 0.1) is 6.04 Å². The molecule has 4 rings (SSSR count). The van der Waals surface area contributed by atoms with Gasteiger partial charge in [0, 0.05) is 5.56 Å². The molecule has 0 aliphatic carbocycles. The molecular weight excluding hydrogens is 353 g/mol. The zero-order valence-electron chi connectivity index (χ0n) is 14.4. The first-order chi connectivity index (χ1) is 13.1. The predicted octanol–water partition coefficient (Wildman–Crippen LogP) is 2.09. The van der Waals surface area contributed by atoms with Gasteiger partial charge in [-0.05, 0) is 54.1 Å². The maximum absolute atomic E-state index is 13.0. The van der Waals surface area contributed by atoms with E-state index in [2.05, 4.69) is 20.7 Å². The minimum atomic E-state index is -0.344. The van der Waals surface area contributed by atoms with E-state index in [1.54, 1.807) is 12.1 Å². The normalized spacial score (nSPS) is 13.4. The third-order valence-electron chi connectivity index (χ3n) is 4.11. The van der Waals surface area contributed by atoms with E-state index in [1.165, 1.54) is 16.9 Å². The largest absolute Gasteiger partial charge is 0.454 e. The van der Waals surface area contributed by atoms with Gasteiger partial charge in [-0.2, -0.15) is 4.80 Å². The Morgan fingerprint density at radius 3 is 2.81 bits per heavy atom. The topological polar surface area (TPSA) is 91.2 Å². The van der Waals surface area contributed by atoms with E-state index < -0.39 is 0 Å². The van der Waals surface area contributed by atoms with Crippen LogP contribution in [-0.2, 0) is 11.3 Å². The lowest BCUT2D eigenvalue weighted by Crippen LogP contribution is -2.30. The SMILES string of the molecule is CC(NC(=O)Cn1nnc(-c2ccc(F)cc2)n1)c1ccc2c(c1)OCO2. The lowest BCUT2D eigenvalue weighted by molar-refractivity contribution is -0.122. The van der Waals surface area contributed by atoms with Crippen LogP contribution in [0.4, 0.5) is 4.39 Å². The summed E-state index contributed by atoms with van der Waals surface area (Å²) in [6.07, 6.45) is 0. The fourth-order valence-corrected chi connectivity index (χ4v) is 2.71. The Kier molecular flexibility index (Phi) is 4.41. The Morgan fingerprint density at radius 1 is 1.22 bits per heavy atom. The molecule has 0 saturated heterocycles. The molecule has 1 aliphatic heterocycles. The van der Waals surface area contributed by atoms with Gasteiger partial charge in [-0.25, -0.2) is 4.39 Å². The van der Waals surface area contributed by atoms with Crippen LogP contribution in [0.3, 0.4) is 0 Å². The molecule has 0 radical (unpaired) electrons. The van der Waals surface area contributed by atoms with Crippen molar-refractivity contribution in [3.63, 3.8) is 0 Å². The number of fused-ring (bicyclic) bond motifs is 1. The maximum Gasteiger partial charge on any atom is 0.244 e. The molecule has 138 valence electrons. The van der Waals surface area contributed by atoms with Crippen LogP contribution in [0.25, 0.3) is 11.4 Å². The second-order valence-corrected chi connectivity index (χ2v) is 6.05. The van der Waals surface area contributed by atoms with Crippen LogP contribution < -0.4 is 14.8 Å². The van der Waals surface area contributed by atoms with Gasteiger partial charge in [0.2, 0.25) is 18.5 Å². The van der Waals surface area contributed by atoms with Crippen LogP contribution in [0.1, 0.15) is 18.5 Å². The number of amides is 1. The Morgan fingerprint density at radius 2 is 2.00 bits per heavy atom. The third kappa shape index (κ3) is 3.71. The zero-order chi connectivity index (χ0) is 18.8. The number of hydrogen-bond donors (Lipinski definition) is 1. The van der Waals surface area contributed by atoms with Gasteiger partial charge < -0.3 is 14.8 Å². The van der Waals surface area contributed by atoms with Crippen LogP contribution in [0, 0.1) is 5.82 Å². The van der Waals surface area contributed by atoms with Gasteiger partial charge in [-0.1, -0.05) is 6.07 Å². The molecule has 1 aromatic heterocycles. The standard InChI is InChI=1S/C18H16FN5O3/c1-11(13-4-7-15-16(8-13)27-10-26-15)20-17(25)9-24-22-18(21-23-24)12-2-5-14(19)6-3-12/h2-8,11H,9-10H2,1H3,(H,20,25). The number of carbonyl (C=O) groups is 1. The van der Waals surface area contributed by atoms with Crippen molar-refractivity contribution in [1.29, 1.82) is 0 Å². The van der Waals surface area contributed by atoms with Gasteiger partial charge in [0.15, 0.2) is 11.5 Å². The van der Waals surface area contributed by atoms with Crippen molar-refractivity contribution in [2.75, 3.05) is 6.79 Å². The zero-order valence-corrected chi connectivity index (χ0v) is 14.4. The van der Waals surface area contributed by atoms with Crippen molar-refractivity contribution >= 4 is 5.91 Å². The molecule has 1 atom stereocenters. The monoisotopic (exact) mass is 369 g/mol. The van der Waals surface area contributed by atoms with E-state index in [4.69, 9.17) is 9.47 Å². The summed E-state index contributed by atoms with van der Waals surface area (Å²) < 4.78 is 23.6. The maximum atomic E-state index is 13.0. The van der Waals surface area contributed by atoms with E-state index in [-0.39, 0.29) is 31.1 Å². The first-order valence-electron chi connectivity index (χ1n) is 8.31. The number of halogens is 1. The summed E-state index contributed by atoms with van der Waals surface area (Å²) >= 11 is 0. The number of rotatable bonds is 5. The summed E-state index contributed by atoms with van der Waals surface area (Å²) in [5.74, 6) is 1.07. The number of hydrogen-bond acceptors (Lipinski definition) is 6. The van der Waals surface area contributed by atoms with Gasteiger partial charge >= 0.3 is 0 Å². The summed E-state index contributed by atoms with van der Waals surface area (Å²) in [6.45, 7) is 1.99. The fourth-order valence-electron chi connectivity index (χ4n) is 2.71. The molecule has 1 aliphatic rings. The first kappa shape index (κ1) is 17.0. The molecular formula is C18H16FN5O3. The Labute approximate surface area is 153 Å². The summed E-state index contributed by atoms with van der Waals surface area (Å²) in [4.78, 5) is 13.5. The highest BCUT2D eigenvalue weighted by atomic mass is 19.1.